The number of aryl methyl sites for hydroxylation is 2. The number of para-hydroxylation sites is 1. The third-order valence-corrected chi connectivity index (χ3v) is 4.21. The van der Waals surface area contributed by atoms with Crippen LogP contribution in [0.4, 0.5) is 0 Å². The number of methoxy groups -OCH3 is 1. The van der Waals surface area contributed by atoms with E-state index in [-0.39, 0.29) is 5.91 Å². The van der Waals surface area contributed by atoms with Crippen molar-refractivity contribution in [3.05, 3.63) is 59.4 Å². The summed E-state index contributed by atoms with van der Waals surface area (Å²) in [6.45, 7) is 2.57. The van der Waals surface area contributed by atoms with E-state index in [1.165, 1.54) is 5.56 Å². The summed E-state index contributed by atoms with van der Waals surface area (Å²) in [5, 5.41) is 2.99. The fourth-order valence-corrected chi connectivity index (χ4v) is 2.93. The van der Waals surface area contributed by atoms with E-state index in [0.29, 0.717) is 19.4 Å². The van der Waals surface area contributed by atoms with Crippen LogP contribution in [0.25, 0.3) is 11.0 Å². The number of H-pyrrole nitrogens is 1. The molecule has 0 spiro atoms. The highest BCUT2D eigenvalue weighted by Crippen LogP contribution is 2.18. The summed E-state index contributed by atoms with van der Waals surface area (Å²) in [5.74, 6) is 1.81. The maximum absolute atomic E-state index is 12.1. The van der Waals surface area contributed by atoms with E-state index < -0.39 is 0 Å². The predicted molar refractivity (Wildman–Crippen MR) is 98.9 cm³/mol. The Morgan fingerprint density at radius 3 is 2.88 bits per heavy atom. The molecule has 0 fully saturated rings. The summed E-state index contributed by atoms with van der Waals surface area (Å²) in [7, 11) is 1.65. The van der Waals surface area contributed by atoms with E-state index in [1.807, 2.05) is 37.3 Å². The van der Waals surface area contributed by atoms with E-state index in [4.69, 9.17) is 4.74 Å². The number of aromatic amines is 1. The van der Waals surface area contributed by atoms with E-state index >= 15 is 0 Å². The predicted octanol–water partition coefficient (Wildman–Crippen LogP) is 3.17. The van der Waals surface area contributed by atoms with Gasteiger partial charge in [0.2, 0.25) is 5.91 Å². The van der Waals surface area contributed by atoms with Gasteiger partial charge in [-0.3, -0.25) is 4.79 Å². The number of hydrogen-bond acceptors (Lipinski definition) is 3. The number of carbonyl (C=O) groups is 1. The number of imidazole rings is 1. The number of hydrogen-bond donors (Lipinski definition) is 2. The quantitative estimate of drug-likeness (QED) is 0.696. The molecule has 0 unspecified atom stereocenters. The summed E-state index contributed by atoms with van der Waals surface area (Å²) >= 11 is 0. The molecule has 1 amide bonds. The molecule has 0 aliphatic heterocycles. The van der Waals surface area contributed by atoms with Crippen molar-refractivity contribution in [2.75, 3.05) is 13.7 Å². The molecule has 3 aromatic rings. The number of aromatic nitrogens is 2. The molecule has 3 rings (SSSR count). The Bertz CT molecular complexity index is 870. The monoisotopic (exact) mass is 337 g/mol. The lowest BCUT2D eigenvalue weighted by Gasteiger charge is -2.08. The molecule has 0 atom stereocenters. The minimum Gasteiger partial charge on any atom is -0.496 e. The van der Waals surface area contributed by atoms with E-state index in [2.05, 4.69) is 27.4 Å². The Balaban J connectivity index is 1.47. The molecule has 5 nitrogen and oxygen atoms in total. The zero-order valence-corrected chi connectivity index (χ0v) is 14.6. The lowest BCUT2D eigenvalue weighted by Crippen LogP contribution is -2.25. The highest BCUT2D eigenvalue weighted by molar-refractivity contribution is 5.77. The number of amides is 1. The zero-order chi connectivity index (χ0) is 17.6. The molecule has 5 heteroatoms. The highest BCUT2D eigenvalue weighted by atomic mass is 16.5. The Hall–Kier alpha value is -2.82. The van der Waals surface area contributed by atoms with Crippen molar-refractivity contribution in [3.63, 3.8) is 0 Å². The maximum atomic E-state index is 12.1. The topological polar surface area (TPSA) is 67.0 Å². The van der Waals surface area contributed by atoms with Gasteiger partial charge in [0.15, 0.2) is 0 Å². The molecule has 0 saturated heterocycles. The van der Waals surface area contributed by atoms with Gasteiger partial charge in [-0.05, 0) is 49.1 Å². The molecule has 2 aromatic carbocycles. The molecule has 1 aromatic heterocycles. The van der Waals surface area contributed by atoms with Crippen LogP contribution in [-0.4, -0.2) is 29.5 Å². The Morgan fingerprint density at radius 2 is 2.04 bits per heavy atom. The molecule has 0 saturated carbocycles. The van der Waals surface area contributed by atoms with E-state index in [9.17, 15) is 4.79 Å². The molecule has 0 radical (unpaired) electrons. The molecule has 0 bridgehead atoms. The molecule has 1 heterocycles. The Labute approximate surface area is 147 Å². The summed E-state index contributed by atoms with van der Waals surface area (Å²) < 4.78 is 5.31. The second-order valence-electron chi connectivity index (χ2n) is 6.09. The van der Waals surface area contributed by atoms with Gasteiger partial charge in [0, 0.05) is 13.0 Å². The van der Waals surface area contributed by atoms with Gasteiger partial charge in [0.25, 0.3) is 0 Å². The fraction of sp³-hybridized carbons (Fsp3) is 0.300. The third kappa shape index (κ3) is 4.38. The van der Waals surface area contributed by atoms with Crippen molar-refractivity contribution >= 4 is 16.9 Å². The van der Waals surface area contributed by atoms with Crippen LogP contribution >= 0.6 is 0 Å². The van der Waals surface area contributed by atoms with Crippen LogP contribution in [-0.2, 0) is 17.6 Å². The smallest absolute Gasteiger partial charge is 0.220 e. The number of benzene rings is 2. The number of nitrogens with one attached hydrogen (secondary N) is 2. The number of carbonyl (C=O) groups excluding carboxylic acids is 1. The van der Waals surface area contributed by atoms with Crippen molar-refractivity contribution in [2.24, 2.45) is 0 Å². The fourth-order valence-electron chi connectivity index (χ4n) is 2.93. The lowest BCUT2D eigenvalue weighted by molar-refractivity contribution is -0.121. The molecule has 130 valence electrons. The van der Waals surface area contributed by atoms with E-state index in [1.54, 1.807) is 7.11 Å². The highest BCUT2D eigenvalue weighted by Gasteiger charge is 2.06. The summed E-state index contributed by atoms with van der Waals surface area (Å²) in [6.07, 6.45) is 1.93. The largest absolute Gasteiger partial charge is 0.496 e. The van der Waals surface area contributed by atoms with Gasteiger partial charge >= 0.3 is 0 Å². The van der Waals surface area contributed by atoms with E-state index in [0.717, 1.165) is 34.6 Å². The second-order valence-corrected chi connectivity index (χ2v) is 6.09. The molecule has 25 heavy (non-hydrogen) atoms. The number of nitrogens with zero attached hydrogens (tertiary/aromatic N) is 1. The first-order chi connectivity index (χ1) is 12.2. The number of ether oxygens (including phenoxy) is 1. The first-order valence-corrected chi connectivity index (χ1v) is 8.49. The maximum Gasteiger partial charge on any atom is 0.220 e. The number of fused-ring (bicyclic) bond motifs is 1. The molecule has 0 aliphatic rings. The average molecular weight is 337 g/mol. The van der Waals surface area contributed by atoms with Crippen LogP contribution in [0.2, 0.25) is 0 Å². The van der Waals surface area contributed by atoms with Crippen molar-refractivity contribution in [2.45, 2.75) is 26.2 Å². The Kier molecular flexibility index (Phi) is 5.33. The van der Waals surface area contributed by atoms with Gasteiger partial charge in [0.1, 0.15) is 11.6 Å². The molecular formula is C20H23N3O2. The van der Waals surface area contributed by atoms with Crippen LogP contribution in [0, 0.1) is 6.92 Å². The number of rotatable bonds is 7. The molecular weight excluding hydrogens is 314 g/mol. The lowest BCUT2D eigenvalue weighted by atomic mass is 10.1. The first-order valence-electron chi connectivity index (χ1n) is 8.49. The van der Waals surface area contributed by atoms with Crippen LogP contribution in [0.3, 0.4) is 0 Å². The van der Waals surface area contributed by atoms with Crippen molar-refractivity contribution in [1.82, 2.24) is 15.3 Å². The second kappa shape index (κ2) is 7.83. The normalized spacial score (nSPS) is 10.8. The van der Waals surface area contributed by atoms with Gasteiger partial charge < -0.3 is 15.0 Å². The van der Waals surface area contributed by atoms with Gasteiger partial charge in [-0.1, -0.05) is 24.3 Å². The third-order valence-electron chi connectivity index (χ3n) is 4.21. The average Bonchev–Trinajstić information content (AvgIpc) is 2.99. The van der Waals surface area contributed by atoms with Crippen LogP contribution in [0.15, 0.2) is 42.5 Å². The minimum absolute atomic E-state index is 0.0596. The van der Waals surface area contributed by atoms with Crippen molar-refractivity contribution < 1.29 is 9.53 Å². The zero-order valence-electron chi connectivity index (χ0n) is 14.6. The molecule has 0 aliphatic carbocycles. The van der Waals surface area contributed by atoms with Crippen LogP contribution in [0.5, 0.6) is 5.75 Å². The SMILES string of the molecule is COc1ccccc1CCC(=O)NCCc1ccc2nc(C)[nH]c2c1. The van der Waals surface area contributed by atoms with Crippen molar-refractivity contribution in [3.8, 4) is 5.75 Å². The minimum atomic E-state index is 0.0596. The standard InChI is InChI=1S/C20H23N3O2/c1-14-22-17-9-7-15(13-18(17)23-14)11-12-21-20(24)10-8-16-5-3-4-6-19(16)25-2/h3-7,9,13H,8,10-12H2,1-2H3,(H,21,24)(H,22,23). The summed E-state index contributed by atoms with van der Waals surface area (Å²) in [5.41, 5.74) is 4.25. The van der Waals surface area contributed by atoms with Gasteiger partial charge in [-0.2, -0.15) is 0 Å². The summed E-state index contributed by atoms with van der Waals surface area (Å²) in [6, 6.07) is 14.0. The van der Waals surface area contributed by atoms with Gasteiger partial charge in [0.05, 0.1) is 18.1 Å². The first kappa shape index (κ1) is 17.0. The molecule has 2 N–H and O–H groups in total. The van der Waals surface area contributed by atoms with Gasteiger partial charge in [-0.25, -0.2) is 4.98 Å². The van der Waals surface area contributed by atoms with Crippen LogP contribution < -0.4 is 10.1 Å². The van der Waals surface area contributed by atoms with Gasteiger partial charge in [-0.15, -0.1) is 0 Å². The van der Waals surface area contributed by atoms with Crippen molar-refractivity contribution in [1.29, 1.82) is 0 Å². The summed E-state index contributed by atoms with van der Waals surface area (Å²) in [4.78, 5) is 19.7. The van der Waals surface area contributed by atoms with Crippen LogP contribution in [0.1, 0.15) is 23.4 Å². The Morgan fingerprint density at radius 1 is 1.20 bits per heavy atom.